The fourth-order valence-electron chi connectivity index (χ4n) is 2.65. The van der Waals surface area contributed by atoms with Crippen molar-refractivity contribution in [2.75, 3.05) is 7.11 Å². The Balaban J connectivity index is 2.02. The Kier molecular flexibility index (Phi) is 5.93. The van der Waals surface area contributed by atoms with Gasteiger partial charge < -0.3 is 14.9 Å². The van der Waals surface area contributed by atoms with Crippen LogP contribution in [0.3, 0.4) is 0 Å². The van der Waals surface area contributed by atoms with E-state index < -0.39 is 23.5 Å². The predicted octanol–water partition coefficient (Wildman–Crippen LogP) is 5.52. The van der Waals surface area contributed by atoms with Crippen molar-refractivity contribution < 1.29 is 32.9 Å². The molecule has 0 unspecified atom stereocenters. The minimum atomic E-state index is -4.48. The molecule has 0 amide bonds. The van der Waals surface area contributed by atoms with Crippen molar-refractivity contribution in [3.63, 3.8) is 0 Å². The lowest BCUT2D eigenvalue weighted by molar-refractivity contribution is -0.137. The molecule has 0 spiro atoms. The number of aliphatic hydroxyl groups is 1. The van der Waals surface area contributed by atoms with Gasteiger partial charge in [0.25, 0.3) is 0 Å². The number of aliphatic imine (C=N–C) groups is 1. The number of aliphatic hydroxyl groups excluding tert-OH is 1. The van der Waals surface area contributed by atoms with Crippen LogP contribution in [0.1, 0.15) is 16.7 Å². The molecule has 1 aliphatic heterocycles. The van der Waals surface area contributed by atoms with Crippen molar-refractivity contribution >= 4 is 34.5 Å². The molecular formula is C21H16F3NO4S. The molecule has 9 heteroatoms. The van der Waals surface area contributed by atoms with Crippen LogP contribution < -0.4 is 0 Å². The zero-order valence-electron chi connectivity index (χ0n) is 15.8. The lowest BCUT2D eigenvalue weighted by Crippen LogP contribution is -2.10. The maximum atomic E-state index is 12.7. The number of carbonyl (C=O) groups is 1. The number of halogens is 3. The third kappa shape index (κ3) is 4.51. The van der Waals surface area contributed by atoms with Crippen molar-refractivity contribution in [3.8, 4) is 5.75 Å². The predicted molar refractivity (Wildman–Crippen MR) is 109 cm³/mol. The van der Waals surface area contributed by atoms with Crippen molar-refractivity contribution in [2.45, 2.75) is 13.1 Å². The van der Waals surface area contributed by atoms with Crippen LogP contribution in [-0.2, 0) is 15.7 Å². The molecule has 2 aromatic carbocycles. The van der Waals surface area contributed by atoms with E-state index in [1.54, 1.807) is 18.2 Å². The van der Waals surface area contributed by atoms with Gasteiger partial charge in [-0.05, 0) is 48.9 Å². The lowest BCUT2D eigenvalue weighted by atomic mass is 10.1. The van der Waals surface area contributed by atoms with Crippen molar-refractivity contribution in [1.82, 2.24) is 0 Å². The first-order valence-corrected chi connectivity index (χ1v) is 9.39. The quantitative estimate of drug-likeness (QED) is 0.621. The molecule has 5 nitrogen and oxygen atoms in total. The molecule has 0 aromatic heterocycles. The van der Waals surface area contributed by atoms with Gasteiger partial charge in [0.1, 0.15) is 22.1 Å². The number of benzene rings is 2. The summed E-state index contributed by atoms with van der Waals surface area (Å²) in [5.41, 5.74) is 0.384. The third-order valence-corrected chi connectivity index (χ3v) is 5.20. The van der Waals surface area contributed by atoms with E-state index >= 15 is 0 Å². The van der Waals surface area contributed by atoms with Gasteiger partial charge in [-0.2, -0.15) is 13.2 Å². The smallest absolute Gasteiger partial charge is 0.416 e. The van der Waals surface area contributed by atoms with E-state index in [4.69, 9.17) is 4.74 Å². The second-order valence-corrected chi connectivity index (χ2v) is 7.38. The SMILES string of the molecule is COC(=O)C1=C(O)C(=Cc2ccc(C)cc2O)SC1=Nc1ccc(C(F)(F)F)cc1. The number of esters is 1. The van der Waals surface area contributed by atoms with Gasteiger partial charge in [-0.25, -0.2) is 9.79 Å². The van der Waals surface area contributed by atoms with Gasteiger partial charge in [-0.1, -0.05) is 23.9 Å². The van der Waals surface area contributed by atoms with E-state index in [-0.39, 0.29) is 27.0 Å². The molecule has 30 heavy (non-hydrogen) atoms. The van der Waals surface area contributed by atoms with E-state index in [0.717, 1.165) is 48.7 Å². The zero-order valence-corrected chi connectivity index (χ0v) is 16.6. The van der Waals surface area contributed by atoms with E-state index in [1.165, 1.54) is 6.08 Å². The summed E-state index contributed by atoms with van der Waals surface area (Å²) in [5.74, 6) is -1.25. The maximum Gasteiger partial charge on any atom is 0.416 e. The van der Waals surface area contributed by atoms with Crippen LogP contribution in [0.15, 0.2) is 63.7 Å². The van der Waals surface area contributed by atoms with Gasteiger partial charge in [-0.15, -0.1) is 0 Å². The topological polar surface area (TPSA) is 79.1 Å². The molecule has 0 saturated heterocycles. The number of phenols is 1. The van der Waals surface area contributed by atoms with E-state index in [9.17, 15) is 28.2 Å². The number of hydrogen-bond acceptors (Lipinski definition) is 6. The molecule has 0 radical (unpaired) electrons. The van der Waals surface area contributed by atoms with Crippen LogP contribution in [0, 0.1) is 6.92 Å². The second-order valence-electron chi connectivity index (χ2n) is 6.35. The van der Waals surface area contributed by atoms with Crippen LogP contribution in [0.25, 0.3) is 6.08 Å². The summed E-state index contributed by atoms with van der Waals surface area (Å²) < 4.78 is 42.9. The average molecular weight is 435 g/mol. The van der Waals surface area contributed by atoms with Crippen LogP contribution in [0.5, 0.6) is 5.75 Å². The standard InChI is InChI=1S/C21H16F3NO4S/c1-11-3-4-12(15(26)9-11)10-16-18(27)17(20(28)29-2)19(30-16)25-14-7-5-13(6-8-14)21(22,23)24/h3-10,26-27H,1-2H3. The average Bonchev–Trinajstić information content (AvgIpc) is 2.98. The van der Waals surface area contributed by atoms with E-state index in [0.29, 0.717) is 5.56 Å². The van der Waals surface area contributed by atoms with Crippen LogP contribution in [0.2, 0.25) is 0 Å². The van der Waals surface area contributed by atoms with E-state index in [2.05, 4.69) is 4.99 Å². The summed E-state index contributed by atoms with van der Waals surface area (Å²) in [6, 6.07) is 9.04. The highest BCUT2D eigenvalue weighted by Gasteiger charge is 2.33. The Morgan fingerprint density at radius 2 is 1.80 bits per heavy atom. The number of carbonyl (C=O) groups excluding carboxylic acids is 1. The van der Waals surface area contributed by atoms with Crippen molar-refractivity contribution in [2.24, 2.45) is 4.99 Å². The molecule has 0 fully saturated rings. The molecule has 0 atom stereocenters. The Hall–Kier alpha value is -3.20. The van der Waals surface area contributed by atoms with Gasteiger partial charge in [-0.3, -0.25) is 0 Å². The number of thioether (sulfide) groups is 1. The molecular weight excluding hydrogens is 419 g/mol. The normalized spacial score (nSPS) is 17.1. The Morgan fingerprint density at radius 3 is 2.37 bits per heavy atom. The minimum Gasteiger partial charge on any atom is -0.507 e. The first-order valence-electron chi connectivity index (χ1n) is 8.57. The van der Waals surface area contributed by atoms with E-state index in [1.807, 2.05) is 6.92 Å². The number of rotatable bonds is 3. The molecule has 0 aliphatic carbocycles. The van der Waals surface area contributed by atoms with Gasteiger partial charge in [0.05, 0.1) is 23.3 Å². The second kappa shape index (κ2) is 8.27. The number of ether oxygens (including phenoxy) is 1. The summed E-state index contributed by atoms with van der Waals surface area (Å²) in [7, 11) is 1.14. The summed E-state index contributed by atoms with van der Waals surface area (Å²) >= 11 is 0.936. The molecule has 156 valence electrons. The molecule has 0 saturated carbocycles. The van der Waals surface area contributed by atoms with Crippen molar-refractivity contribution in [1.29, 1.82) is 0 Å². The van der Waals surface area contributed by atoms with Gasteiger partial charge >= 0.3 is 12.1 Å². The molecule has 2 N–H and O–H groups in total. The fraction of sp³-hybridized carbons (Fsp3) is 0.143. The van der Waals surface area contributed by atoms with Crippen LogP contribution in [-0.4, -0.2) is 28.3 Å². The molecule has 1 aliphatic rings. The zero-order chi connectivity index (χ0) is 22.1. The van der Waals surface area contributed by atoms with Crippen LogP contribution >= 0.6 is 11.8 Å². The monoisotopic (exact) mass is 435 g/mol. The summed E-state index contributed by atoms with van der Waals surface area (Å²) in [6.45, 7) is 1.81. The van der Waals surface area contributed by atoms with Gasteiger partial charge in [0.2, 0.25) is 0 Å². The number of alkyl halides is 3. The summed E-state index contributed by atoms with van der Waals surface area (Å²) in [4.78, 5) is 16.6. The fourth-order valence-corrected chi connectivity index (χ4v) is 3.68. The number of nitrogens with zero attached hydrogens (tertiary/aromatic N) is 1. The minimum absolute atomic E-state index is 0.0105. The maximum absolute atomic E-state index is 12.7. The Labute approximate surface area is 174 Å². The largest absolute Gasteiger partial charge is 0.507 e. The number of methoxy groups -OCH3 is 1. The van der Waals surface area contributed by atoms with Crippen LogP contribution in [0.4, 0.5) is 18.9 Å². The number of aromatic hydroxyl groups is 1. The highest BCUT2D eigenvalue weighted by atomic mass is 32.2. The number of phenolic OH excluding ortho intramolecular Hbond substituents is 1. The third-order valence-electron chi connectivity index (χ3n) is 4.18. The number of hydrogen-bond donors (Lipinski definition) is 2. The highest BCUT2D eigenvalue weighted by Crippen LogP contribution is 2.41. The first-order chi connectivity index (χ1) is 14.1. The summed E-state index contributed by atoms with van der Waals surface area (Å²) in [5, 5.41) is 20.7. The molecule has 1 heterocycles. The molecule has 2 aromatic rings. The highest BCUT2D eigenvalue weighted by molar-refractivity contribution is 8.18. The Bertz CT molecular complexity index is 1090. The Morgan fingerprint density at radius 1 is 1.13 bits per heavy atom. The molecule has 0 bridgehead atoms. The number of aryl methyl sites for hydroxylation is 1. The molecule has 3 rings (SSSR count). The first kappa shape index (κ1) is 21.5. The summed E-state index contributed by atoms with van der Waals surface area (Å²) in [6.07, 6.45) is -3.00. The lowest BCUT2D eigenvalue weighted by Gasteiger charge is -2.06. The van der Waals surface area contributed by atoms with Gasteiger partial charge in [0, 0.05) is 5.56 Å². The van der Waals surface area contributed by atoms with Gasteiger partial charge in [0.15, 0.2) is 0 Å². The van der Waals surface area contributed by atoms with Crippen molar-refractivity contribution in [3.05, 3.63) is 75.4 Å².